The first-order valence-electron chi connectivity index (χ1n) is 13.1. The number of aromatic nitrogens is 4. The molecule has 0 bridgehead atoms. The maximum absolute atomic E-state index is 14.1. The van der Waals surface area contributed by atoms with Crippen molar-refractivity contribution in [1.82, 2.24) is 25.1 Å². The molecule has 5 rings (SSSR count). The molecule has 0 fully saturated rings. The van der Waals surface area contributed by atoms with Crippen LogP contribution in [-0.2, 0) is 30.4 Å². The number of aryl methyl sites for hydroxylation is 1. The number of rotatable bonds is 7. The Morgan fingerprint density at radius 2 is 1.95 bits per heavy atom. The molecule has 6 nitrogen and oxygen atoms in total. The van der Waals surface area contributed by atoms with E-state index in [9.17, 15) is 26.7 Å². The van der Waals surface area contributed by atoms with Gasteiger partial charge in [-0.1, -0.05) is 24.3 Å². The minimum atomic E-state index is -4.62. The van der Waals surface area contributed by atoms with Gasteiger partial charge in [-0.05, 0) is 68.4 Å². The SMILES string of the molecule is Cc1ccccc1-c1ccnc(C(CC2=CC(F)CC(F)=C2)NC(=O)Cn2nc(C(F)(F)F)c3c2CCCC3)n1. The molecule has 40 heavy (non-hydrogen) atoms. The van der Waals surface area contributed by atoms with E-state index in [0.717, 1.165) is 15.8 Å². The van der Waals surface area contributed by atoms with Gasteiger partial charge >= 0.3 is 6.18 Å². The van der Waals surface area contributed by atoms with E-state index >= 15 is 0 Å². The van der Waals surface area contributed by atoms with Crippen LogP contribution in [0.2, 0.25) is 0 Å². The second kappa shape index (κ2) is 11.3. The third-order valence-electron chi connectivity index (χ3n) is 7.13. The van der Waals surface area contributed by atoms with Gasteiger partial charge in [0.05, 0.1) is 11.7 Å². The van der Waals surface area contributed by atoms with Crippen molar-refractivity contribution in [3.05, 3.63) is 88.4 Å². The molecular weight excluding hydrogens is 529 g/mol. The summed E-state index contributed by atoms with van der Waals surface area (Å²) in [7, 11) is 0. The number of amides is 1. The van der Waals surface area contributed by atoms with Crippen LogP contribution in [0.5, 0.6) is 0 Å². The van der Waals surface area contributed by atoms with Crippen molar-refractivity contribution >= 4 is 5.91 Å². The summed E-state index contributed by atoms with van der Waals surface area (Å²) in [6, 6.07) is 8.40. The standard InChI is InChI=1S/C29H28F5N5O/c1-17-6-2-3-7-21(17)23-10-11-35-28(37-23)24(14-18-12-19(30)15-20(31)13-18)36-26(40)16-39-25-9-5-4-8-22(25)27(38-39)29(32,33)34/h2-3,6-7,10-13,19,24H,4-5,8-9,14-16H2,1H3,(H,36,40). The fraction of sp³-hybridized carbons (Fsp3) is 0.379. The van der Waals surface area contributed by atoms with Crippen molar-refractivity contribution in [2.75, 3.05) is 0 Å². The Kier molecular flexibility index (Phi) is 7.82. The van der Waals surface area contributed by atoms with Crippen molar-refractivity contribution in [2.45, 2.75) is 70.4 Å². The van der Waals surface area contributed by atoms with Gasteiger partial charge in [0, 0.05) is 29.4 Å². The summed E-state index contributed by atoms with van der Waals surface area (Å²) >= 11 is 0. The van der Waals surface area contributed by atoms with Crippen LogP contribution < -0.4 is 5.32 Å². The first-order valence-corrected chi connectivity index (χ1v) is 13.1. The van der Waals surface area contributed by atoms with Crippen LogP contribution in [-0.4, -0.2) is 31.8 Å². The molecule has 2 atom stereocenters. The predicted octanol–water partition coefficient (Wildman–Crippen LogP) is 6.32. The number of allylic oxidation sites excluding steroid dienone is 3. The number of carbonyl (C=O) groups excluding carboxylic acids is 1. The zero-order valence-electron chi connectivity index (χ0n) is 21.8. The van der Waals surface area contributed by atoms with Crippen LogP contribution in [0.25, 0.3) is 11.3 Å². The summed E-state index contributed by atoms with van der Waals surface area (Å²) in [6.07, 6.45) is -0.479. The third kappa shape index (κ3) is 6.13. The van der Waals surface area contributed by atoms with Crippen LogP contribution >= 0.6 is 0 Å². The van der Waals surface area contributed by atoms with E-state index in [0.29, 0.717) is 36.2 Å². The summed E-state index contributed by atoms with van der Waals surface area (Å²) in [5.74, 6) is -1.02. The molecule has 0 spiro atoms. The van der Waals surface area contributed by atoms with E-state index in [4.69, 9.17) is 0 Å². The lowest BCUT2D eigenvalue weighted by Crippen LogP contribution is -2.34. The van der Waals surface area contributed by atoms with Crippen molar-refractivity contribution in [1.29, 1.82) is 0 Å². The topological polar surface area (TPSA) is 72.7 Å². The molecule has 2 aromatic heterocycles. The number of hydrogen-bond acceptors (Lipinski definition) is 4. The van der Waals surface area contributed by atoms with Gasteiger partial charge in [0.2, 0.25) is 5.91 Å². The molecule has 11 heteroatoms. The number of alkyl halides is 4. The van der Waals surface area contributed by atoms with Crippen LogP contribution in [0, 0.1) is 6.92 Å². The van der Waals surface area contributed by atoms with Crippen molar-refractivity contribution in [2.24, 2.45) is 0 Å². The Hall–Kier alpha value is -3.89. The first-order chi connectivity index (χ1) is 19.1. The highest BCUT2D eigenvalue weighted by molar-refractivity contribution is 5.76. The molecule has 3 aromatic rings. The van der Waals surface area contributed by atoms with E-state index in [1.165, 1.54) is 18.3 Å². The van der Waals surface area contributed by atoms with Gasteiger partial charge in [0.1, 0.15) is 18.5 Å². The average molecular weight is 558 g/mol. The summed E-state index contributed by atoms with van der Waals surface area (Å²) in [5.41, 5.74) is 2.33. The van der Waals surface area contributed by atoms with Crippen molar-refractivity contribution in [3.8, 4) is 11.3 Å². The smallest absolute Gasteiger partial charge is 0.344 e. The molecule has 1 N–H and O–H groups in total. The quantitative estimate of drug-likeness (QED) is 0.346. The van der Waals surface area contributed by atoms with E-state index in [1.54, 1.807) is 6.07 Å². The Bertz CT molecular complexity index is 1480. The number of fused-ring (bicyclic) bond motifs is 1. The molecule has 0 saturated heterocycles. The highest BCUT2D eigenvalue weighted by Crippen LogP contribution is 2.36. The molecule has 1 aromatic carbocycles. The number of hydrogen-bond donors (Lipinski definition) is 1. The van der Waals surface area contributed by atoms with Crippen LogP contribution in [0.3, 0.4) is 0 Å². The Morgan fingerprint density at radius 3 is 2.70 bits per heavy atom. The highest BCUT2D eigenvalue weighted by Gasteiger charge is 2.39. The maximum Gasteiger partial charge on any atom is 0.435 e. The van der Waals surface area contributed by atoms with Crippen molar-refractivity contribution in [3.63, 3.8) is 0 Å². The van der Waals surface area contributed by atoms with Crippen LogP contribution in [0.1, 0.15) is 60.1 Å². The van der Waals surface area contributed by atoms with Gasteiger partial charge in [-0.15, -0.1) is 0 Å². The Balaban J connectivity index is 1.45. The van der Waals surface area contributed by atoms with E-state index in [-0.39, 0.29) is 30.7 Å². The minimum absolute atomic E-state index is 0.0121. The Morgan fingerprint density at radius 1 is 1.18 bits per heavy atom. The van der Waals surface area contributed by atoms with Crippen LogP contribution in [0.4, 0.5) is 22.0 Å². The molecule has 2 heterocycles. The van der Waals surface area contributed by atoms with E-state index < -0.39 is 42.4 Å². The second-order valence-corrected chi connectivity index (χ2v) is 10.1. The molecule has 2 aliphatic rings. The molecule has 2 aliphatic carbocycles. The maximum atomic E-state index is 14.1. The summed E-state index contributed by atoms with van der Waals surface area (Å²) in [6.45, 7) is 1.49. The average Bonchev–Trinajstić information content (AvgIpc) is 3.27. The van der Waals surface area contributed by atoms with Crippen LogP contribution in [0.15, 0.2) is 60.1 Å². The zero-order valence-corrected chi connectivity index (χ0v) is 21.8. The van der Waals surface area contributed by atoms with E-state index in [2.05, 4.69) is 20.4 Å². The molecule has 2 unspecified atom stereocenters. The molecule has 0 saturated carbocycles. The predicted molar refractivity (Wildman–Crippen MR) is 138 cm³/mol. The summed E-state index contributed by atoms with van der Waals surface area (Å²) in [5, 5.41) is 6.55. The normalized spacial score (nSPS) is 18.0. The third-order valence-corrected chi connectivity index (χ3v) is 7.13. The van der Waals surface area contributed by atoms with Gasteiger partial charge in [0.25, 0.3) is 0 Å². The number of nitrogens with one attached hydrogen (secondary N) is 1. The zero-order chi connectivity index (χ0) is 28.4. The van der Waals surface area contributed by atoms with Crippen molar-refractivity contribution < 1.29 is 26.7 Å². The van der Waals surface area contributed by atoms with Gasteiger partial charge in [-0.2, -0.15) is 18.3 Å². The van der Waals surface area contributed by atoms with E-state index in [1.807, 2.05) is 31.2 Å². The van der Waals surface area contributed by atoms with Gasteiger partial charge in [-0.25, -0.2) is 18.7 Å². The number of carbonyl (C=O) groups is 1. The van der Waals surface area contributed by atoms with Gasteiger partial charge in [0.15, 0.2) is 11.5 Å². The summed E-state index contributed by atoms with van der Waals surface area (Å²) in [4.78, 5) is 22.2. The first kappa shape index (κ1) is 27.7. The lowest BCUT2D eigenvalue weighted by Gasteiger charge is -2.21. The number of benzene rings is 1. The molecule has 1 amide bonds. The highest BCUT2D eigenvalue weighted by atomic mass is 19.4. The molecule has 0 radical (unpaired) electrons. The fourth-order valence-corrected chi connectivity index (χ4v) is 5.31. The second-order valence-electron chi connectivity index (χ2n) is 10.1. The fourth-order valence-electron chi connectivity index (χ4n) is 5.31. The molecule has 0 aliphatic heterocycles. The van der Waals surface area contributed by atoms with Gasteiger partial charge in [-0.3, -0.25) is 9.48 Å². The lowest BCUT2D eigenvalue weighted by molar-refractivity contribution is -0.142. The Labute approximate surface area is 228 Å². The number of halogens is 5. The van der Waals surface area contributed by atoms with Gasteiger partial charge < -0.3 is 5.32 Å². The minimum Gasteiger partial charge on any atom is -0.344 e. The largest absolute Gasteiger partial charge is 0.435 e. The lowest BCUT2D eigenvalue weighted by atomic mass is 9.95. The molecular formula is C29H28F5N5O. The monoisotopic (exact) mass is 557 g/mol. The number of nitrogens with zero attached hydrogens (tertiary/aromatic N) is 4. The summed E-state index contributed by atoms with van der Waals surface area (Å²) < 4.78 is 70.1. The molecule has 210 valence electrons.